The first kappa shape index (κ1) is 20.7. The summed E-state index contributed by atoms with van der Waals surface area (Å²) in [5, 5.41) is 11.1. The van der Waals surface area contributed by atoms with Gasteiger partial charge in [0.05, 0.1) is 6.54 Å². The summed E-state index contributed by atoms with van der Waals surface area (Å²) in [5.74, 6) is -2.77. The fourth-order valence-corrected chi connectivity index (χ4v) is 3.58. The van der Waals surface area contributed by atoms with Gasteiger partial charge in [0, 0.05) is 14.0 Å². The Morgan fingerprint density at radius 1 is 1.21 bits per heavy atom. The highest BCUT2D eigenvalue weighted by Gasteiger charge is 2.60. The van der Waals surface area contributed by atoms with Crippen molar-refractivity contribution < 1.29 is 38.5 Å². The van der Waals surface area contributed by atoms with Crippen LogP contribution in [0.3, 0.4) is 0 Å². The van der Waals surface area contributed by atoms with Crippen LogP contribution in [0.2, 0.25) is 0 Å². The lowest BCUT2D eigenvalue weighted by Gasteiger charge is -2.32. The summed E-state index contributed by atoms with van der Waals surface area (Å²) in [6.45, 7) is 4.75. The molecular formula is C19H25NO8. The van der Waals surface area contributed by atoms with E-state index in [0.717, 1.165) is 10.6 Å². The Hall–Kier alpha value is -2.04. The molecule has 2 aliphatic rings. The zero-order chi connectivity index (χ0) is 20.5. The van der Waals surface area contributed by atoms with Crippen LogP contribution in [0.1, 0.15) is 26.3 Å². The van der Waals surface area contributed by atoms with Crippen LogP contribution in [0.4, 0.5) is 0 Å². The Morgan fingerprint density at radius 2 is 1.86 bits per heavy atom. The Labute approximate surface area is 163 Å². The topological polar surface area (TPSA) is 104 Å². The molecule has 0 aliphatic carbocycles. The Kier molecular flexibility index (Phi) is 6.01. The molecule has 154 valence electrons. The third-order valence-electron chi connectivity index (χ3n) is 4.58. The molecule has 28 heavy (non-hydrogen) atoms. The highest BCUT2D eigenvalue weighted by atomic mass is 16.8. The van der Waals surface area contributed by atoms with Gasteiger partial charge in [-0.1, -0.05) is 30.3 Å². The van der Waals surface area contributed by atoms with E-state index in [1.165, 1.54) is 14.0 Å². The number of nitrogens with zero attached hydrogens (tertiary/aromatic N) is 1. The van der Waals surface area contributed by atoms with Gasteiger partial charge in [-0.3, -0.25) is 9.59 Å². The average molecular weight is 395 g/mol. The second-order valence-electron chi connectivity index (χ2n) is 7.20. The normalized spacial score (nSPS) is 29.5. The van der Waals surface area contributed by atoms with Crippen LogP contribution in [0, 0.1) is 0 Å². The van der Waals surface area contributed by atoms with Crippen LogP contribution < -0.4 is 0 Å². The van der Waals surface area contributed by atoms with Crippen LogP contribution >= 0.6 is 0 Å². The molecule has 0 radical (unpaired) electrons. The average Bonchev–Trinajstić information content (AvgIpc) is 3.08. The molecule has 2 aliphatic heterocycles. The lowest BCUT2D eigenvalue weighted by molar-refractivity contribution is -0.256. The fourth-order valence-electron chi connectivity index (χ4n) is 3.58. The number of carbonyl (C=O) groups is 2. The second kappa shape index (κ2) is 8.14. The van der Waals surface area contributed by atoms with E-state index in [1.54, 1.807) is 13.8 Å². The van der Waals surface area contributed by atoms with Crippen LogP contribution in [0.15, 0.2) is 30.3 Å². The zero-order valence-electron chi connectivity index (χ0n) is 16.2. The number of carboxylic acids is 1. The van der Waals surface area contributed by atoms with Crippen molar-refractivity contribution in [1.82, 2.24) is 5.06 Å². The number of ether oxygens (including phenoxy) is 4. The third kappa shape index (κ3) is 4.34. The lowest BCUT2D eigenvalue weighted by Crippen LogP contribution is -2.53. The molecule has 2 saturated heterocycles. The molecule has 2 fully saturated rings. The molecule has 0 aromatic heterocycles. The molecule has 0 saturated carbocycles. The molecule has 1 N–H and O–H groups in total. The maximum Gasteiger partial charge on any atom is 0.327 e. The number of aliphatic carboxylic acids is 1. The molecule has 0 amide bonds. The summed E-state index contributed by atoms with van der Waals surface area (Å²) in [7, 11) is 1.45. The van der Waals surface area contributed by atoms with Gasteiger partial charge in [0.15, 0.2) is 18.1 Å². The molecule has 3 rings (SSSR count). The van der Waals surface area contributed by atoms with E-state index in [1.807, 2.05) is 30.3 Å². The van der Waals surface area contributed by atoms with E-state index < -0.39 is 48.4 Å². The Morgan fingerprint density at radius 3 is 2.43 bits per heavy atom. The van der Waals surface area contributed by atoms with Crippen molar-refractivity contribution in [1.29, 1.82) is 0 Å². The van der Waals surface area contributed by atoms with Crippen LogP contribution in [0.5, 0.6) is 0 Å². The van der Waals surface area contributed by atoms with Crippen molar-refractivity contribution in [2.75, 3.05) is 7.11 Å². The highest BCUT2D eigenvalue weighted by Crippen LogP contribution is 2.41. The second-order valence-corrected chi connectivity index (χ2v) is 7.20. The lowest BCUT2D eigenvalue weighted by atomic mass is 10.0. The van der Waals surface area contributed by atoms with Gasteiger partial charge >= 0.3 is 11.9 Å². The summed E-state index contributed by atoms with van der Waals surface area (Å²) in [6.07, 6.45) is -3.07. The van der Waals surface area contributed by atoms with E-state index in [-0.39, 0.29) is 6.54 Å². The van der Waals surface area contributed by atoms with Crippen LogP contribution in [0.25, 0.3) is 0 Å². The summed E-state index contributed by atoms with van der Waals surface area (Å²) in [6, 6.07) is 7.77. The third-order valence-corrected chi connectivity index (χ3v) is 4.58. The molecule has 2 heterocycles. The minimum Gasteiger partial charge on any atom is -0.480 e. The van der Waals surface area contributed by atoms with Gasteiger partial charge in [-0.2, -0.15) is 0 Å². The summed E-state index contributed by atoms with van der Waals surface area (Å²) in [4.78, 5) is 29.1. The molecule has 1 aromatic carbocycles. The largest absolute Gasteiger partial charge is 0.480 e. The van der Waals surface area contributed by atoms with Crippen molar-refractivity contribution in [3.05, 3.63) is 35.9 Å². The molecule has 9 heteroatoms. The standard InChI is InChI=1S/C19H25NO8/c1-11(21)28-20(10-12-8-6-5-7-9-12)13(17(22)23)14-15-16(18(24-4)25-14)27-19(2,3)26-15/h5-9,13-16,18H,10H2,1-4H3,(H,22,23)/t13-,14-,15-,16-,18-/m1/s1. The van der Waals surface area contributed by atoms with E-state index >= 15 is 0 Å². The number of hydrogen-bond acceptors (Lipinski definition) is 8. The van der Waals surface area contributed by atoms with E-state index in [0.29, 0.717) is 0 Å². The summed E-state index contributed by atoms with van der Waals surface area (Å²) < 4.78 is 22.8. The van der Waals surface area contributed by atoms with Gasteiger partial charge in [-0.15, -0.1) is 5.06 Å². The minimum atomic E-state index is -1.32. The van der Waals surface area contributed by atoms with Crippen molar-refractivity contribution in [2.24, 2.45) is 0 Å². The first-order valence-corrected chi connectivity index (χ1v) is 8.97. The number of rotatable bonds is 7. The molecule has 1 aromatic rings. The predicted molar refractivity (Wildman–Crippen MR) is 94.7 cm³/mol. The van der Waals surface area contributed by atoms with Gasteiger partial charge in [-0.05, 0) is 19.4 Å². The predicted octanol–water partition coefficient (Wildman–Crippen LogP) is 1.31. The first-order chi connectivity index (χ1) is 13.2. The molecule has 0 unspecified atom stereocenters. The van der Waals surface area contributed by atoms with Gasteiger partial charge in [0.1, 0.15) is 18.3 Å². The minimum absolute atomic E-state index is 0.0660. The van der Waals surface area contributed by atoms with Crippen LogP contribution in [-0.4, -0.2) is 65.6 Å². The smallest absolute Gasteiger partial charge is 0.327 e. The van der Waals surface area contributed by atoms with Crippen molar-refractivity contribution in [3.8, 4) is 0 Å². The fraction of sp³-hybridized carbons (Fsp3) is 0.579. The van der Waals surface area contributed by atoms with Gasteiger partial charge < -0.3 is 28.9 Å². The zero-order valence-corrected chi connectivity index (χ0v) is 16.2. The van der Waals surface area contributed by atoms with E-state index in [4.69, 9.17) is 23.8 Å². The number of methoxy groups -OCH3 is 1. The maximum atomic E-state index is 12.2. The van der Waals surface area contributed by atoms with Gasteiger partial charge in [-0.25, -0.2) is 0 Å². The first-order valence-electron chi connectivity index (χ1n) is 8.97. The van der Waals surface area contributed by atoms with Crippen molar-refractivity contribution >= 4 is 11.9 Å². The monoisotopic (exact) mass is 395 g/mol. The van der Waals surface area contributed by atoms with Crippen molar-refractivity contribution in [3.63, 3.8) is 0 Å². The molecular weight excluding hydrogens is 370 g/mol. The number of fused-ring (bicyclic) bond motifs is 1. The number of carbonyl (C=O) groups excluding carboxylic acids is 1. The highest BCUT2D eigenvalue weighted by molar-refractivity contribution is 5.75. The van der Waals surface area contributed by atoms with Crippen LogP contribution in [-0.2, 0) is 39.9 Å². The number of hydrogen-bond donors (Lipinski definition) is 1. The Balaban J connectivity index is 1.91. The van der Waals surface area contributed by atoms with Gasteiger partial charge in [0.25, 0.3) is 0 Å². The Bertz CT molecular complexity index is 709. The van der Waals surface area contributed by atoms with Gasteiger partial charge in [0.2, 0.25) is 0 Å². The van der Waals surface area contributed by atoms with E-state index in [2.05, 4.69) is 0 Å². The number of benzene rings is 1. The van der Waals surface area contributed by atoms with Crippen molar-refractivity contribution in [2.45, 2.75) is 63.7 Å². The molecule has 9 nitrogen and oxygen atoms in total. The molecule has 5 atom stereocenters. The summed E-state index contributed by atoms with van der Waals surface area (Å²) in [5.41, 5.74) is 0.775. The van der Waals surface area contributed by atoms with E-state index in [9.17, 15) is 14.7 Å². The maximum absolute atomic E-state index is 12.2. The summed E-state index contributed by atoms with van der Waals surface area (Å²) >= 11 is 0. The number of hydroxylamine groups is 2. The molecule has 0 bridgehead atoms. The SMILES string of the molecule is CO[C@@H]1O[C@H]([C@H](C(=O)O)N(Cc2ccccc2)OC(C)=O)[C@H]2OC(C)(C)O[C@@H]12. The number of carboxylic acid groups (broad SMARTS) is 1. The quantitative estimate of drug-likeness (QED) is 0.684. The molecule has 0 spiro atoms.